The first-order valence-electron chi connectivity index (χ1n) is 4.70. The Morgan fingerprint density at radius 1 is 1.50 bits per heavy atom. The molecule has 0 aliphatic heterocycles. The van der Waals surface area contributed by atoms with E-state index in [-0.39, 0.29) is 21.1 Å². The molecule has 100 valence electrons. The SMILES string of the molecule is COC(=O)c1c(NCC(F)F)sc(C(N)=O)c1N. The molecule has 0 unspecified atom stereocenters. The number of carbonyl (C=O) groups excluding carboxylic acids is 2. The number of nitrogen functional groups attached to an aromatic ring is 1. The van der Waals surface area contributed by atoms with E-state index in [4.69, 9.17) is 11.5 Å². The molecule has 0 aromatic carbocycles. The standard InChI is InChI=1S/C9H11F2N3O3S/c1-17-9(16)4-5(12)6(7(13)15)18-8(4)14-2-3(10)11/h3,14H,2,12H2,1H3,(H2,13,15). The fraction of sp³-hybridized carbons (Fsp3) is 0.333. The molecule has 0 saturated carbocycles. The topological polar surface area (TPSA) is 107 Å². The first kappa shape index (κ1) is 14.2. The minimum absolute atomic E-state index is 0.0356. The number of rotatable bonds is 5. The minimum Gasteiger partial charge on any atom is -0.465 e. The van der Waals surface area contributed by atoms with Crippen molar-refractivity contribution in [3.05, 3.63) is 10.4 Å². The molecule has 0 radical (unpaired) electrons. The molecule has 0 fully saturated rings. The van der Waals surface area contributed by atoms with Gasteiger partial charge in [-0.3, -0.25) is 4.79 Å². The summed E-state index contributed by atoms with van der Waals surface area (Å²) in [5, 5.41) is 2.36. The van der Waals surface area contributed by atoms with E-state index in [1.165, 1.54) is 0 Å². The van der Waals surface area contributed by atoms with E-state index in [1.807, 2.05) is 0 Å². The summed E-state index contributed by atoms with van der Waals surface area (Å²) in [7, 11) is 1.11. The Morgan fingerprint density at radius 2 is 2.11 bits per heavy atom. The van der Waals surface area contributed by atoms with Gasteiger partial charge >= 0.3 is 5.97 Å². The van der Waals surface area contributed by atoms with Crippen LogP contribution in [0.2, 0.25) is 0 Å². The molecule has 0 aliphatic carbocycles. The second-order valence-electron chi connectivity index (χ2n) is 3.18. The highest BCUT2D eigenvalue weighted by Crippen LogP contribution is 2.36. The molecular formula is C9H11F2N3O3S. The number of hydrogen-bond donors (Lipinski definition) is 3. The smallest absolute Gasteiger partial charge is 0.343 e. The predicted molar refractivity (Wildman–Crippen MR) is 63.1 cm³/mol. The van der Waals surface area contributed by atoms with E-state index in [2.05, 4.69) is 10.1 Å². The number of anilines is 2. The van der Waals surface area contributed by atoms with Crippen LogP contribution >= 0.6 is 11.3 Å². The summed E-state index contributed by atoms with van der Waals surface area (Å²) in [6.07, 6.45) is -2.61. The molecular weight excluding hydrogens is 268 g/mol. The maximum Gasteiger partial charge on any atom is 0.343 e. The third-order valence-corrected chi connectivity index (χ3v) is 3.15. The van der Waals surface area contributed by atoms with Crippen LogP contribution in [0.25, 0.3) is 0 Å². The van der Waals surface area contributed by atoms with Crippen molar-refractivity contribution in [3.63, 3.8) is 0 Å². The van der Waals surface area contributed by atoms with Gasteiger partial charge in [-0.05, 0) is 0 Å². The van der Waals surface area contributed by atoms with Gasteiger partial charge in [0.15, 0.2) is 0 Å². The lowest BCUT2D eigenvalue weighted by atomic mass is 10.2. The molecule has 0 saturated heterocycles. The fourth-order valence-electron chi connectivity index (χ4n) is 1.23. The van der Waals surface area contributed by atoms with Crippen molar-refractivity contribution in [1.29, 1.82) is 0 Å². The number of methoxy groups -OCH3 is 1. The van der Waals surface area contributed by atoms with Crippen molar-refractivity contribution in [2.45, 2.75) is 6.43 Å². The summed E-state index contributed by atoms with van der Waals surface area (Å²) in [4.78, 5) is 22.4. The van der Waals surface area contributed by atoms with Crippen molar-refractivity contribution in [3.8, 4) is 0 Å². The Kier molecular flexibility index (Phi) is 4.43. The summed E-state index contributed by atoms with van der Waals surface area (Å²) in [5.41, 5.74) is 10.3. The van der Waals surface area contributed by atoms with Crippen molar-refractivity contribution in [2.24, 2.45) is 5.73 Å². The zero-order valence-corrected chi connectivity index (χ0v) is 10.1. The highest BCUT2D eigenvalue weighted by atomic mass is 32.1. The number of thiophene rings is 1. The molecule has 5 N–H and O–H groups in total. The Bertz CT molecular complexity index is 476. The molecule has 6 nitrogen and oxygen atoms in total. The Morgan fingerprint density at radius 3 is 2.56 bits per heavy atom. The number of carbonyl (C=O) groups is 2. The predicted octanol–water partition coefficient (Wildman–Crippen LogP) is 0.893. The molecule has 0 bridgehead atoms. The molecule has 1 aromatic rings. The Hall–Kier alpha value is -1.90. The van der Waals surface area contributed by atoms with Gasteiger partial charge in [0.1, 0.15) is 15.4 Å². The molecule has 1 rings (SSSR count). The van der Waals surface area contributed by atoms with Gasteiger partial charge in [0.05, 0.1) is 19.3 Å². The number of amides is 1. The number of halogens is 2. The number of primary amides is 1. The van der Waals surface area contributed by atoms with Crippen LogP contribution in [-0.2, 0) is 4.74 Å². The molecule has 18 heavy (non-hydrogen) atoms. The molecule has 0 aliphatic rings. The fourth-order valence-corrected chi connectivity index (χ4v) is 2.19. The molecule has 9 heteroatoms. The van der Waals surface area contributed by atoms with Gasteiger partial charge in [0.25, 0.3) is 12.3 Å². The third-order valence-electron chi connectivity index (χ3n) is 1.98. The summed E-state index contributed by atoms with van der Waals surface area (Å²) >= 11 is 0.735. The van der Waals surface area contributed by atoms with Crippen LogP contribution in [0.1, 0.15) is 20.0 Å². The van der Waals surface area contributed by atoms with Crippen LogP contribution < -0.4 is 16.8 Å². The maximum atomic E-state index is 12.1. The van der Waals surface area contributed by atoms with Crippen LogP contribution in [0.5, 0.6) is 0 Å². The monoisotopic (exact) mass is 279 g/mol. The van der Waals surface area contributed by atoms with Gasteiger partial charge in [0.2, 0.25) is 0 Å². The van der Waals surface area contributed by atoms with E-state index in [1.54, 1.807) is 0 Å². The van der Waals surface area contributed by atoms with E-state index in [0.717, 1.165) is 18.4 Å². The zero-order valence-electron chi connectivity index (χ0n) is 9.33. The second kappa shape index (κ2) is 5.63. The van der Waals surface area contributed by atoms with Gasteiger partial charge in [-0.25, -0.2) is 13.6 Å². The number of ether oxygens (including phenoxy) is 1. The number of alkyl halides is 2. The first-order valence-corrected chi connectivity index (χ1v) is 5.52. The molecule has 1 heterocycles. The van der Waals surface area contributed by atoms with Gasteiger partial charge in [-0.15, -0.1) is 11.3 Å². The summed E-state index contributed by atoms with van der Waals surface area (Å²) in [6, 6.07) is 0. The van der Waals surface area contributed by atoms with Crippen LogP contribution in [0.3, 0.4) is 0 Å². The van der Waals surface area contributed by atoms with E-state index < -0.39 is 24.8 Å². The van der Waals surface area contributed by atoms with E-state index in [0.29, 0.717) is 0 Å². The average molecular weight is 279 g/mol. The van der Waals surface area contributed by atoms with E-state index >= 15 is 0 Å². The van der Waals surface area contributed by atoms with Crippen molar-refractivity contribution in [2.75, 3.05) is 24.7 Å². The van der Waals surface area contributed by atoms with Gasteiger partial charge < -0.3 is 21.5 Å². The Labute approximate surface area is 105 Å². The van der Waals surface area contributed by atoms with Gasteiger partial charge in [0, 0.05) is 0 Å². The highest BCUT2D eigenvalue weighted by Gasteiger charge is 2.25. The third kappa shape index (κ3) is 2.86. The van der Waals surface area contributed by atoms with Crippen LogP contribution in [0.4, 0.5) is 19.5 Å². The lowest BCUT2D eigenvalue weighted by Gasteiger charge is -2.05. The second-order valence-corrected chi connectivity index (χ2v) is 4.20. The maximum absolute atomic E-state index is 12.1. The number of nitrogens with two attached hydrogens (primary N) is 2. The molecule has 1 amide bonds. The van der Waals surface area contributed by atoms with Crippen molar-refractivity contribution < 1.29 is 23.1 Å². The summed E-state index contributed by atoms with van der Waals surface area (Å²) in [6.45, 7) is -0.678. The average Bonchev–Trinajstić information content (AvgIpc) is 2.63. The summed E-state index contributed by atoms with van der Waals surface area (Å²) in [5.74, 6) is -1.67. The van der Waals surface area contributed by atoms with Crippen LogP contribution in [0, 0.1) is 0 Å². The normalized spacial score (nSPS) is 10.4. The minimum atomic E-state index is -2.61. The largest absolute Gasteiger partial charge is 0.465 e. The summed E-state index contributed by atoms with van der Waals surface area (Å²) < 4.78 is 28.7. The van der Waals surface area contributed by atoms with Gasteiger partial charge in [-0.2, -0.15) is 0 Å². The van der Waals surface area contributed by atoms with Crippen molar-refractivity contribution in [1.82, 2.24) is 0 Å². The lowest BCUT2D eigenvalue weighted by Crippen LogP contribution is -2.14. The number of hydrogen-bond acceptors (Lipinski definition) is 6. The zero-order chi connectivity index (χ0) is 13.9. The van der Waals surface area contributed by atoms with Crippen LogP contribution in [-0.4, -0.2) is 32.0 Å². The highest BCUT2D eigenvalue weighted by molar-refractivity contribution is 7.19. The number of nitrogens with one attached hydrogen (secondary N) is 1. The van der Waals surface area contributed by atoms with Crippen molar-refractivity contribution >= 4 is 33.9 Å². The lowest BCUT2D eigenvalue weighted by molar-refractivity contribution is 0.0603. The Balaban J connectivity index is 3.17. The molecule has 0 spiro atoms. The molecule has 0 atom stereocenters. The van der Waals surface area contributed by atoms with Gasteiger partial charge in [-0.1, -0.05) is 0 Å². The van der Waals surface area contributed by atoms with E-state index in [9.17, 15) is 18.4 Å². The first-order chi connectivity index (χ1) is 8.38. The molecule has 1 aromatic heterocycles. The quantitative estimate of drug-likeness (QED) is 0.694. The number of esters is 1. The van der Waals surface area contributed by atoms with Crippen LogP contribution in [0.15, 0.2) is 0 Å².